The van der Waals surface area contributed by atoms with Crippen LogP contribution >= 0.6 is 0 Å². The first-order valence-electron chi connectivity index (χ1n) is 2.64. The Labute approximate surface area is 56.7 Å². The van der Waals surface area contributed by atoms with Crippen LogP contribution in [0, 0.1) is 0 Å². The minimum absolute atomic E-state index is 0. The fraction of sp³-hybridized carbons (Fsp3) is 0. The Bertz CT molecular complexity index is 288. The minimum Gasteiger partial charge on any atom is -0.412 e. The second-order valence-corrected chi connectivity index (χ2v) is 1.75. The fourth-order valence-electron chi connectivity index (χ4n) is 0.727. The van der Waals surface area contributed by atoms with Gasteiger partial charge < -0.3 is 5.48 Å². The number of fused-ring (bicyclic) bond motifs is 1. The molecule has 0 fully saturated rings. The summed E-state index contributed by atoms with van der Waals surface area (Å²) < 4.78 is 4.46. The molecule has 0 aliphatic carbocycles. The van der Waals surface area contributed by atoms with Gasteiger partial charge in [0.25, 0.3) is 0 Å². The van der Waals surface area contributed by atoms with Gasteiger partial charge in [0.1, 0.15) is 11.0 Å². The van der Waals surface area contributed by atoms with E-state index in [1.54, 1.807) is 0 Å². The lowest BCUT2D eigenvalue weighted by molar-refractivity contribution is 0.315. The Morgan fingerprint density at radius 3 is 2.00 bits per heavy atom. The van der Waals surface area contributed by atoms with Crippen LogP contribution in [0.5, 0.6) is 0 Å². The molecule has 2 rings (SSSR count). The molecule has 2 N–H and O–H groups in total. The van der Waals surface area contributed by atoms with Gasteiger partial charge in [-0.1, -0.05) is 12.1 Å². The van der Waals surface area contributed by atoms with Crippen LogP contribution in [-0.2, 0) is 0 Å². The second kappa shape index (κ2) is 2.45. The van der Waals surface area contributed by atoms with Crippen LogP contribution in [0.25, 0.3) is 11.0 Å². The second-order valence-electron chi connectivity index (χ2n) is 1.75. The summed E-state index contributed by atoms with van der Waals surface area (Å²) in [6, 6.07) is 7.50. The molecule has 52 valence electrons. The summed E-state index contributed by atoms with van der Waals surface area (Å²) in [5.41, 5.74) is 1.61. The SMILES string of the molecule is O.c1ccc2nonc2c1. The van der Waals surface area contributed by atoms with Crippen LogP contribution in [-0.4, -0.2) is 15.8 Å². The third-order valence-corrected chi connectivity index (χ3v) is 1.16. The molecule has 0 spiro atoms. The van der Waals surface area contributed by atoms with Crippen LogP contribution in [0.15, 0.2) is 28.9 Å². The van der Waals surface area contributed by atoms with Gasteiger partial charge in [-0.15, -0.1) is 0 Å². The van der Waals surface area contributed by atoms with E-state index in [0.717, 1.165) is 11.0 Å². The molecule has 0 saturated heterocycles. The number of benzene rings is 1. The third kappa shape index (κ3) is 0.844. The maximum Gasteiger partial charge on any atom is 0.135 e. The molecule has 2 aromatic rings. The van der Waals surface area contributed by atoms with Gasteiger partial charge in [-0.2, -0.15) is 0 Å². The summed E-state index contributed by atoms with van der Waals surface area (Å²) >= 11 is 0. The predicted octanol–water partition coefficient (Wildman–Crippen LogP) is 0.398. The molecule has 4 heteroatoms. The normalized spacial score (nSPS) is 9.20. The van der Waals surface area contributed by atoms with E-state index in [0.29, 0.717) is 0 Å². The maximum atomic E-state index is 4.46. The average Bonchev–Trinajstić information content (AvgIpc) is 2.33. The molecule has 0 unspecified atom stereocenters. The highest BCUT2D eigenvalue weighted by Gasteiger charge is 1.93. The van der Waals surface area contributed by atoms with Crippen molar-refractivity contribution in [2.24, 2.45) is 0 Å². The van der Waals surface area contributed by atoms with Crippen molar-refractivity contribution >= 4 is 11.0 Å². The molecule has 0 aliphatic heterocycles. The lowest BCUT2D eigenvalue weighted by atomic mass is 10.3. The van der Waals surface area contributed by atoms with Crippen molar-refractivity contribution in [3.05, 3.63) is 24.3 Å². The van der Waals surface area contributed by atoms with Crippen molar-refractivity contribution < 1.29 is 10.1 Å². The summed E-state index contributed by atoms with van der Waals surface area (Å²) in [4.78, 5) is 0. The summed E-state index contributed by atoms with van der Waals surface area (Å²) in [5.74, 6) is 0. The van der Waals surface area contributed by atoms with E-state index >= 15 is 0 Å². The molecule has 0 atom stereocenters. The van der Waals surface area contributed by atoms with E-state index in [2.05, 4.69) is 14.9 Å². The Kier molecular flexibility index (Phi) is 1.64. The highest BCUT2D eigenvalue weighted by atomic mass is 16.6. The first-order chi connectivity index (χ1) is 4.47. The lowest BCUT2D eigenvalue weighted by Gasteiger charge is -1.76. The molecule has 0 saturated carbocycles. The van der Waals surface area contributed by atoms with Gasteiger partial charge in [-0.3, -0.25) is 0 Å². The van der Waals surface area contributed by atoms with Gasteiger partial charge in [0.15, 0.2) is 0 Å². The van der Waals surface area contributed by atoms with Gasteiger partial charge >= 0.3 is 0 Å². The molecule has 0 bridgehead atoms. The lowest BCUT2D eigenvalue weighted by Crippen LogP contribution is -1.63. The molecule has 4 nitrogen and oxygen atoms in total. The van der Waals surface area contributed by atoms with Crippen molar-refractivity contribution in [2.45, 2.75) is 0 Å². The van der Waals surface area contributed by atoms with Gasteiger partial charge in [-0.25, -0.2) is 4.63 Å². The van der Waals surface area contributed by atoms with E-state index in [1.807, 2.05) is 24.3 Å². The Balaban J connectivity index is 0.000000500. The zero-order valence-corrected chi connectivity index (χ0v) is 5.11. The highest BCUT2D eigenvalue weighted by Crippen LogP contribution is 2.05. The zero-order chi connectivity index (χ0) is 6.10. The van der Waals surface area contributed by atoms with Crippen molar-refractivity contribution in [3.63, 3.8) is 0 Å². The third-order valence-electron chi connectivity index (χ3n) is 1.16. The topological polar surface area (TPSA) is 70.4 Å². The summed E-state index contributed by atoms with van der Waals surface area (Å²) in [7, 11) is 0. The van der Waals surface area contributed by atoms with Crippen molar-refractivity contribution in [3.8, 4) is 0 Å². The smallest absolute Gasteiger partial charge is 0.135 e. The fourth-order valence-corrected chi connectivity index (χ4v) is 0.727. The van der Waals surface area contributed by atoms with Crippen molar-refractivity contribution in [1.82, 2.24) is 10.3 Å². The first kappa shape index (κ1) is 6.70. The first-order valence-corrected chi connectivity index (χ1v) is 2.64. The van der Waals surface area contributed by atoms with Crippen LogP contribution < -0.4 is 0 Å². The Morgan fingerprint density at radius 2 is 1.50 bits per heavy atom. The zero-order valence-electron chi connectivity index (χ0n) is 5.11. The van der Waals surface area contributed by atoms with E-state index in [9.17, 15) is 0 Å². The standard InChI is InChI=1S/C6H4N2O.H2O/c1-2-4-6-5(3-1)7-9-8-6;/h1-4H;1H2. The molecule has 1 aromatic heterocycles. The highest BCUT2D eigenvalue weighted by molar-refractivity contribution is 5.72. The summed E-state index contributed by atoms with van der Waals surface area (Å²) in [6.45, 7) is 0. The average molecular weight is 138 g/mol. The number of aromatic nitrogens is 2. The van der Waals surface area contributed by atoms with Crippen molar-refractivity contribution in [1.29, 1.82) is 0 Å². The molecular formula is C6H6N2O2. The molecule has 0 aliphatic rings. The molecular weight excluding hydrogens is 132 g/mol. The van der Waals surface area contributed by atoms with Crippen LogP contribution in [0.3, 0.4) is 0 Å². The Morgan fingerprint density at radius 1 is 1.00 bits per heavy atom. The van der Waals surface area contributed by atoms with Crippen LogP contribution in [0.2, 0.25) is 0 Å². The molecule has 10 heavy (non-hydrogen) atoms. The summed E-state index contributed by atoms with van der Waals surface area (Å²) in [6.07, 6.45) is 0. The molecule has 1 aromatic carbocycles. The van der Waals surface area contributed by atoms with Crippen LogP contribution in [0.1, 0.15) is 0 Å². The van der Waals surface area contributed by atoms with Gasteiger partial charge in [0.05, 0.1) is 0 Å². The van der Waals surface area contributed by atoms with Gasteiger partial charge in [0, 0.05) is 0 Å². The minimum atomic E-state index is 0. The van der Waals surface area contributed by atoms with Gasteiger partial charge in [-0.05, 0) is 22.4 Å². The van der Waals surface area contributed by atoms with E-state index < -0.39 is 0 Å². The number of hydrogen-bond donors (Lipinski definition) is 0. The Hall–Kier alpha value is -1.42. The maximum absolute atomic E-state index is 4.46. The van der Waals surface area contributed by atoms with E-state index in [4.69, 9.17) is 0 Å². The molecule has 1 heterocycles. The van der Waals surface area contributed by atoms with Crippen LogP contribution in [0.4, 0.5) is 0 Å². The summed E-state index contributed by atoms with van der Waals surface area (Å²) in [5, 5.41) is 7.27. The largest absolute Gasteiger partial charge is 0.412 e. The van der Waals surface area contributed by atoms with E-state index in [1.165, 1.54) is 0 Å². The molecule has 0 amide bonds. The predicted molar refractivity (Wildman–Crippen MR) is 35.4 cm³/mol. The van der Waals surface area contributed by atoms with E-state index in [-0.39, 0.29) is 5.48 Å². The van der Waals surface area contributed by atoms with Crippen molar-refractivity contribution in [2.75, 3.05) is 0 Å². The van der Waals surface area contributed by atoms with Gasteiger partial charge in [0.2, 0.25) is 0 Å². The number of rotatable bonds is 0. The monoisotopic (exact) mass is 138 g/mol. The molecule has 0 radical (unpaired) electrons. The number of nitrogens with zero attached hydrogens (tertiary/aromatic N) is 2. The quantitative estimate of drug-likeness (QED) is 0.529. The number of hydrogen-bond acceptors (Lipinski definition) is 3.